The number of carbonyl (C=O) groups excluding carboxylic acids is 1. The summed E-state index contributed by atoms with van der Waals surface area (Å²) in [4.78, 5) is 25.6. The third-order valence-corrected chi connectivity index (χ3v) is 4.45. The van der Waals surface area contributed by atoms with Crippen LogP contribution in [-0.4, -0.2) is 34.5 Å². The average Bonchev–Trinajstić information content (AvgIpc) is 3.07. The maximum atomic E-state index is 12.8. The second kappa shape index (κ2) is 7.38. The van der Waals surface area contributed by atoms with Crippen LogP contribution < -0.4 is 4.74 Å². The van der Waals surface area contributed by atoms with Crippen molar-refractivity contribution in [3.05, 3.63) is 65.2 Å². The lowest BCUT2D eigenvalue weighted by Crippen LogP contribution is -2.43. The first-order chi connectivity index (χ1) is 12.0. The Hall–Kier alpha value is -2.82. The summed E-state index contributed by atoms with van der Waals surface area (Å²) in [5, 5.41) is 9.36. The van der Waals surface area contributed by atoms with Crippen molar-refractivity contribution in [2.45, 2.75) is 32.4 Å². The standard InChI is InChI=1S/C20H21NO4/c1-14(20(23)24)21(13-15-5-3-2-4-6-15)19(22)12-16-7-8-18-17(11-16)9-10-25-18/h2-8,11,14H,9-10,12-13H2,1H3,(H,23,24). The summed E-state index contributed by atoms with van der Waals surface area (Å²) < 4.78 is 5.48. The second-order valence-corrected chi connectivity index (χ2v) is 6.24. The molecule has 0 fully saturated rings. The maximum absolute atomic E-state index is 12.8. The van der Waals surface area contributed by atoms with Crippen molar-refractivity contribution in [2.24, 2.45) is 0 Å². The van der Waals surface area contributed by atoms with E-state index in [1.54, 1.807) is 6.92 Å². The van der Waals surface area contributed by atoms with Gasteiger partial charge < -0.3 is 14.7 Å². The molecule has 0 bridgehead atoms. The fourth-order valence-electron chi connectivity index (χ4n) is 2.98. The Morgan fingerprint density at radius 3 is 2.64 bits per heavy atom. The van der Waals surface area contributed by atoms with Crippen LogP contribution in [0, 0.1) is 0 Å². The van der Waals surface area contributed by atoms with Gasteiger partial charge in [-0.05, 0) is 29.7 Å². The van der Waals surface area contributed by atoms with Crippen LogP contribution >= 0.6 is 0 Å². The highest BCUT2D eigenvalue weighted by molar-refractivity contribution is 5.84. The number of carboxylic acids is 1. The van der Waals surface area contributed by atoms with Gasteiger partial charge in [0.15, 0.2) is 0 Å². The number of benzene rings is 2. The Bertz CT molecular complexity index is 773. The fraction of sp³-hybridized carbons (Fsp3) is 0.300. The van der Waals surface area contributed by atoms with E-state index < -0.39 is 12.0 Å². The van der Waals surface area contributed by atoms with Crippen molar-refractivity contribution < 1.29 is 19.4 Å². The van der Waals surface area contributed by atoms with Crippen LogP contribution in [0.5, 0.6) is 5.75 Å². The Morgan fingerprint density at radius 1 is 1.16 bits per heavy atom. The monoisotopic (exact) mass is 339 g/mol. The molecule has 25 heavy (non-hydrogen) atoms. The summed E-state index contributed by atoms with van der Waals surface area (Å²) in [7, 11) is 0. The van der Waals surface area contributed by atoms with Crippen LogP contribution in [0.4, 0.5) is 0 Å². The van der Waals surface area contributed by atoms with Crippen molar-refractivity contribution >= 4 is 11.9 Å². The molecule has 0 saturated heterocycles. The topological polar surface area (TPSA) is 66.8 Å². The molecule has 1 amide bonds. The molecular weight excluding hydrogens is 318 g/mol. The van der Waals surface area contributed by atoms with E-state index in [4.69, 9.17) is 4.74 Å². The number of rotatable bonds is 6. The number of aliphatic carboxylic acids is 1. The fourth-order valence-corrected chi connectivity index (χ4v) is 2.98. The Morgan fingerprint density at radius 2 is 1.92 bits per heavy atom. The number of amides is 1. The van der Waals surface area contributed by atoms with E-state index in [-0.39, 0.29) is 18.9 Å². The number of fused-ring (bicyclic) bond motifs is 1. The van der Waals surface area contributed by atoms with E-state index in [9.17, 15) is 14.7 Å². The molecule has 1 atom stereocenters. The molecule has 5 nitrogen and oxygen atoms in total. The predicted octanol–water partition coefficient (Wildman–Crippen LogP) is 2.67. The third-order valence-electron chi connectivity index (χ3n) is 4.45. The molecular formula is C20H21NO4. The smallest absolute Gasteiger partial charge is 0.326 e. The van der Waals surface area contributed by atoms with Crippen molar-refractivity contribution in [1.29, 1.82) is 0 Å². The van der Waals surface area contributed by atoms with Gasteiger partial charge in [0.1, 0.15) is 11.8 Å². The molecule has 130 valence electrons. The second-order valence-electron chi connectivity index (χ2n) is 6.24. The molecule has 3 rings (SSSR count). The summed E-state index contributed by atoms with van der Waals surface area (Å²) >= 11 is 0. The molecule has 1 unspecified atom stereocenters. The van der Waals surface area contributed by atoms with E-state index in [1.807, 2.05) is 48.5 Å². The van der Waals surface area contributed by atoms with E-state index in [0.29, 0.717) is 6.61 Å². The zero-order valence-corrected chi connectivity index (χ0v) is 14.1. The summed E-state index contributed by atoms with van der Waals surface area (Å²) in [6.45, 7) is 2.49. The first kappa shape index (κ1) is 17.0. The Balaban J connectivity index is 1.77. The number of nitrogens with zero attached hydrogens (tertiary/aromatic N) is 1. The molecule has 1 N–H and O–H groups in total. The Kier molecular flexibility index (Phi) is 5.03. The molecule has 0 radical (unpaired) electrons. The number of hydrogen-bond donors (Lipinski definition) is 1. The number of hydrogen-bond acceptors (Lipinski definition) is 3. The van der Waals surface area contributed by atoms with E-state index >= 15 is 0 Å². The minimum Gasteiger partial charge on any atom is -0.493 e. The lowest BCUT2D eigenvalue weighted by Gasteiger charge is -2.27. The van der Waals surface area contributed by atoms with Gasteiger partial charge in [-0.1, -0.05) is 42.5 Å². The minimum absolute atomic E-state index is 0.178. The molecule has 0 saturated carbocycles. The van der Waals surface area contributed by atoms with Crippen molar-refractivity contribution in [1.82, 2.24) is 4.90 Å². The van der Waals surface area contributed by atoms with Gasteiger partial charge in [0.05, 0.1) is 13.0 Å². The van der Waals surface area contributed by atoms with Crippen LogP contribution in [0.3, 0.4) is 0 Å². The molecule has 0 aliphatic carbocycles. The van der Waals surface area contributed by atoms with Crippen molar-refractivity contribution in [3.8, 4) is 5.75 Å². The summed E-state index contributed by atoms with van der Waals surface area (Å²) in [6, 6.07) is 14.3. The molecule has 1 heterocycles. The SMILES string of the molecule is CC(C(=O)O)N(Cc1ccccc1)C(=O)Cc1ccc2c(c1)CCO2. The largest absolute Gasteiger partial charge is 0.493 e. The molecule has 2 aromatic carbocycles. The van der Waals surface area contributed by atoms with Gasteiger partial charge in [-0.25, -0.2) is 4.79 Å². The molecule has 2 aromatic rings. The zero-order valence-electron chi connectivity index (χ0n) is 14.1. The lowest BCUT2D eigenvalue weighted by atomic mass is 10.0. The van der Waals surface area contributed by atoms with E-state index in [1.165, 1.54) is 4.90 Å². The highest BCUT2D eigenvalue weighted by atomic mass is 16.5. The van der Waals surface area contributed by atoms with Gasteiger partial charge in [-0.3, -0.25) is 4.79 Å². The predicted molar refractivity (Wildman–Crippen MR) is 93.4 cm³/mol. The lowest BCUT2D eigenvalue weighted by molar-refractivity contribution is -0.149. The maximum Gasteiger partial charge on any atom is 0.326 e. The third kappa shape index (κ3) is 3.99. The van der Waals surface area contributed by atoms with Gasteiger partial charge in [0.25, 0.3) is 0 Å². The van der Waals surface area contributed by atoms with Crippen LogP contribution in [0.1, 0.15) is 23.6 Å². The van der Waals surface area contributed by atoms with Gasteiger partial charge in [0, 0.05) is 13.0 Å². The van der Waals surface area contributed by atoms with E-state index in [0.717, 1.165) is 28.9 Å². The van der Waals surface area contributed by atoms with Crippen LogP contribution in [0.25, 0.3) is 0 Å². The first-order valence-electron chi connectivity index (χ1n) is 8.35. The summed E-state index contributed by atoms with van der Waals surface area (Å²) in [6.07, 6.45) is 1.02. The van der Waals surface area contributed by atoms with Crippen molar-refractivity contribution in [3.63, 3.8) is 0 Å². The van der Waals surface area contributed by atoms with Crippen LogP contribution in [-0.2, 0) is 29.0 Å². The van der Waals surface area contributed by atoms with Gasteiger partial charge in [-0.15, -0.1) is 0 Å². The molecule has 1 aliphatic rings. The normalized spacial score (nSPS) is 13.6. The minimum atomic E-state index is -1.01. The molecule has 0 aromatic heterocycles. The molecule has 0 spiro atoms. The van der Waals surface area contributed by atoms with Gasteiger partial charge >= 0.3 is 5.97 Å². The van der Waals surface area contributed by atoms with Gasteiger partial charge in [-0.2, -0.15) is 0 Å². The summed E-state index contributed by atoms with van der Waals surface area (Å²) in [5.41, 5.74) is 2.89. The number of ether oxygens (including phenoxy) is 1. The van der Waals surface area contributed by atoms with Crippen molar-refractivity contribution in [2.75, 3.05) is 6.61 Å². The highest BCUT2D eigenvalue weighted by Gasteiger charge is 2.26. The zero-order chi connectivity index (χ0) is 17.8. The molecule has 1 aliphatic heterocycles. The first-order valence-corrected chi connectivity index (χ1v) is 8.35. The highest BCUT2D eigenvalue weighted by Crippen LogP contribution is 2.26. The van der Waals surface area contributed by atoms with Crippen LogP contribution in [0.2, 0.25) is 0 Å². The van der Waals surface area contributed by atoms with Gasteiger partial charge in [0.2, 0.25) is 5.91 Å². The number of carbonyl (C=O) groups is 2. The average molecular weight is 339 g/mol. The van der Waals surface area contributed by atoms with E-state index in [2.05, 4.69) is 0 Å². The quantitative estimate of drug-likeness (QED) is 0.879. The number of carboxylic acid groups (broad SMARTS) is 1. The molecule has 5 heteroatoms. The Labute approximate surface area is 146 Å². The summed E-state index contributed by atoms with van der Waals surface area (Å²) in [5.74, 6) is -0.333. The van der Waals surface area contributed by atoms with Crippen LogP contribution in [0.15, 0.2) is 48.5 Å².